The van der Waals surface area contributed by atoms with Crippen molar-refractivity contribution in [1.82, 2.24) is 9.97 Å². The van der Waals surface area contributed by atoms with Crippen molar-refractivity contribution < 1.29 is 0 Å². The van der Waals surface area contributed by atoms with Gasteiger partial charge in [-0.25, -0.2) is 4.98 Å². The first-order valence-electron chi connectivity index (χ1n) is 7.17. The highest BCUT2D eigenvalue weighted by Gasteiger charge is 2.10. The number of nitrogens with one attached hydrogen (secondary N) is 1. The number of unbranched alkanes of at least 4 members (excludes halogenated alkanes) is 3. The Bertz CT molecular complexity index is 476. The standard InChI is InChI=1S/C16H23N3/c1-2-3-4-8-11-14(17)16-18-12-15(19-16)13-9-6-5-7-10-13/h5-7,9-10,12,14H,2-4,8,11,17H2,1H3,(H,18,19)/t14-/m1/s1. The van der Waals surface area contributed by atoms with Gasteiger partial charge in [-0.05, 0) is 12.0 Å². The van der Waals surface area contributed by atoms with E-state index in [9.17, 15) is 0 Å². The van der Waals surface area contributed by atoms with Gasteiger partial charge in [-0.15, -0.1) is 0 Å². The molecule has 19 heavy (non-hydrogen) atoms. The molecule has 0 aliphatic heterocycles. The summed E-state index contributed by atoms with van der Waals surface area (Å²) in [5.41, 5.74) is 8.37. The lowest BCUT2D eigenvalue weighted by Crippen LogP contribution is -2.11. The molecule has 0 aliphatic rings. The summed E-state index contributed by atoms with van der Waals surface area (Å²) in [7, 11) is 0. The predicted molar refractivity (Wildman–Crippen MR) is 79.7 cm³/mol. The average molecular weight is 257 g/mol. The minimum absolute atomic E-state index is 0.0225. The van der Waals surface area contributed by atoms with Crippen LogP contribution in [0.5, 0.6) is 0 Å². The molecule has 3 N–H and O–H groups in total. The number of hydrogen-bond donors (Lipinski definition) is 2. The Morgan fingerprint density at radius 1 is 1.16 bits per heavy atom. The third kappa shape index (κ3) is 3.93. The Hall–Kier alpha value is -1.61. The Morgan fingerprint density at radius 2 is 1.95 bits per heavy atom. The van der Waals surface area contributed by atoms with Crippen LogP contribution in [0.4, 0.5) is 0 Å². The van der Waals surface area contributed by atoms with E-state index >= 15 is 0 Å². The summed E-state index contributed by atoms with van der Waals surface area (Å²) >= 11 is 0. The van der Waals surface area contributed by atoms with Gasteiger partial charge >= 0.3 is 0 Å². The molecule has 0 radical (unpaired) electrons. The van der Waals surface area contributed by atoms with Crippen molar-refractivity contribution >= 4 is 0 Å². The van der Waals surface area contributed by atoms with Crippen LogP contribution in [0.1, 0.15) is 50.9 Å². The van der Waals surface area contributed by atoms with Crippen LogP contribution in [-0.4, -0.2) is 9.97 Å². The lowest BCUT2D eigenvalue weighted by atomic mass is 10.1. The first-order chi connectivity index (χ1) is 9.31. The van der Waals surface area contributed by atoms with Crippen LogP contribution >= 0.6 is 0 Å². The van der Waals surface area contributed by atoms with Crippen LogP contribution in [-0.2, 0) is 0 Å². The summed E-state index contributed by atoms with van der Waals surface area (Å²) in [6, 6.07) is 10.2. The van der Waals surface area contributed by atoms with Crippen LogP contribution in [0.15, 0.2) is 36.5 Å². The normalized spacial score (nSPS) is 12.5. The third-order valence-corrected chi connectivity index (χ3v) is 3.40. The van der Waals surface area contributed by atoms with E-state index in [4.69, 9.17) is 5.73 Å². The van der Waals surface area contributed by atoms with E-state index < -0.39 is 0 Å². The summed E-state index contributed by atoms with van der Waals surface area (Å²) in [6.07, 6.45) is 7.86. The number of benzene rings is 1. The fourth-order valence-corrected chi connectivity index (χ4v) is 2.22. The van der Waals surface area contributed by atoms with Gasteiger partial charge < -0.3 is 10.7 Å². The van der Waals surface area contributed by atoms with Crippen molar-refractivity contribution in [3.63, 3.8) is 0 Å². The van der Waals surface area contributed by atoms with E-state index in [2.05, 4.69) is 29.0 Å². The maximum absolute atomic E-state index is 6.17. The maximum Gasteiger partial charge on any atom is 0.123 e. The lowest BCUT2D eigenvalue weighted by Gasteiger charge is -2.08. The molecule has 0 saturated heterocycles. The molecule has 1 heterocycles. The number of hydrogen-bond acceptors (Lipinski definition) is 2. The molecule has 1 aromatic carbocycles. The van der Waals surface area contributed by atoms with E-state index in [1.54, 1.807) is 0 Å². The molecule has 3 nitrogen and oxygen atoms in total. The Morgan fingerprint density at radius 3 is 2.68 bits per heavy atom. The van der Waals surface area contributed by atoms with E-state index in [0.717, 1.165) is 23.5 Å². The lowest BCUT2D eigenvalue weighted by molar-refractivity contribution is 0.550. The van der Waals surface area contributed by atoms with Crippen LogP contribution in [0.2, 0.25) is 0 Å². The number of H-pyrrole nitrogens is 1. The SMILES string of the molecule is CCCCCC[C@@H](N)c1ncc(-c2ccccc2)[nH]1. The maximum atomic E-state index is 6.17. The molecule has 1 aromatic heterocycles. The Kier molecular flexibility index (Phi) is 5.16. The summed E-state index contributed by atoms with van der Waals surface area (Å²) in [6.45, 7) is 2.22. The molecular weight excluding hydrogens is 234 g/mol. The monoisotopic (exact) mass is 257 g/mol. The smallest absolute Gasteiger partial charge is 0.123 e. The number of rotatable bonds is 7. The molecular formula is C16H23N3. The molecule has 0 saturated carbocycles. The first-order valence-corrected chi connectivity index (χ1v) is 7.17. The molecule has 2 aromatic rings. The average Bonchev–Trinajstić information content (AvgIpc) is 2.94. The zero-order valence-corrected chi connectivity index (χ0v) is 11.6. The summed E-state index contributed by atoms with van der Waals surface area (Å²) in [4.78, 5) is 7.74. The van der Waals surface area contributed by atoms with Crippen molar-refractivity contribution in [2.75, 3.05) is 0 Å². The topological polar surface area (TPSA) is 54.7 Å². The fraction of sp³-hybridized carbons (Fsp3) is 0.438. The van der Waals surface area contributed by atoms with E-state index in [1.165, 1.54) is 25.7 Å². The summed E-state index contributed by atoms with van der Waals surface area (Å²) in [5, 5.41) is 0. The first kappa shape index (κ1) is 13.8. The number of nitrogens with zero attached hydrogens (tertiary/aromatic N) is 1. The zero-order chi connectivity index (χ0) is 13.5. The van der Waals surface area contributed by atoms with E-state index in [1.807, 2.05) is 24.4 Å². The second-order valence-electron chi connectivity index (χ2n) is 5.00. The summed E-state index contributed by atoms with van der Waals surface area (Å²) < 4.78 is 0. The molecule has 1 atom stereocenters. The van der Waals surface area contributed by atoms with Gasteiger partial charge in [-0.1, -0.05) is 62.9 Å². The number of imidazole rings is 1. The van der Waals surface area contributed by atoms with Gasteiger partial charge in [0.1, 0.15) is 5.82 Å². The number of nitrogens with two attached hydrogens (primary N) is 1. The highest BCUT2D eigenvalue weighted by Crippen LogP contribution is 2.20. The quantitative estimate of drug-likeness (QED) is 0.735. The van der Waals surface area contributed by atoms with Gasteiger partial charge in [0.2, 0.25) is 0 Å². The van der Waals surface area contributed by atoms with Crippen molar-refractivity contribution in [2.45, 2.75) is 45.1 Å². The molecule has 2 rings (SSSR count). The molecule has 0 aliphatic carbocycles. The molecule has 0 spiro atoms. The van der Waals surface area contributed by atoms with Crippen LogP contribution in [0, 0.1) is 0 Å². The fourth-order valence-electron chi connectivity index (χ4n) is 2.22. The molecule has 0 amide bonds. The van der Waals surface area contributed by atoms with Gasteiger partial charge in [0.05, 0.1) is 17.9 Å². The van der Waals surface area contributed by atoms with E-state index in [-0.39, 0.29) is 6.04 Å². The molecule has 0 unspecified atom stereocenters. The van der Waals surface area contributed by atoms with Gasteiger partial charge in [-0.2, -0.15) is 0 Å². The van der Waals surface area contributed by atoms with Crippen molar-refractivity contribution in [3.05, 3.63) is 42.4 Å². The van der Waals surface area contributed by atoms with Crippen molar-refractivity contribution in [1.29, 1.82) is 0 Å². The van der Waals surface area contributed by atoms with Crippen molar-refractivity contribution in [3.8, 4) is 11.3 Å². The van der Waals surface area contributed by atoms with Gasteiger partial charge in [0.25, 0.3) is 0 Å². The van der Waals surface area contributed by atoms with Crippen molar-refractivity contribution in [2.24, 2.45) is 5.73 Å². The molecule has 0 bridgehead atoms. The third-order valence-electron chi connectivity index (χ3n) is 3.40. The van der Waals surface area contributed by atoms with Crippen LogP contribution < -0.4 is 5.73 Å². The Labute approximate surface area is 115 Å². The second-order valence-corrected chi connectivity index (χ2v) is 5.00. The Balaban J connectivity index is 1.93. The minimum Gasteiger partial charge on any atom is -0.341 e. The molecule has 0 fully saturated rings. The van der Waals surface area contributed by atoms with Gasteiger partial charge in [0.15, 0.2) is 0 Å². The second kappa shape index (κ2) is 7.10. The predicted octanol–water partition coefficient (Wildman–Crippen LogP) is 4.05. The van der Waals surface area contributed by atoms with Gasteiger partial charge in [-0.3, -0.25) is 0 Å². The highest BCUT2D eigenvalue weighted by molar-refractivity contribution is 5.58. The van der Waals surface area contributed by atoms with Crippen LogP contribution in [0.3, 0.4) is 0 Å². The van der Waals surface area contributed by atoms with Gasteiger partial charge in [0, 0.05) is 0 Å². The zero-order valence-electron chi connectivity index (χ0n) is 11.6. The highest BCUT2D eigenvalue weighted by atomic mass is 15.0. The summed E-state index contributed by atoms with van der Waals surface area (Å²) in [5.74, 6) is 0.898. The van der Waals surface area contributed by atoms with Crippen LogP contribution in [0.25, 0.3) is 11.3 Å². The largest absolute Gasteiger partial charge is 0.341 e. The number of aromatic nitrogens is 2. The van der Waals surface area contributed by atoms with E-state index in [0.29, 0.717) is 0 Å². The minimum atomic E-state index is 0.0225. The molecule has 102 valence electrons. The number of aromatic amines is 1. The molecule has 3 heteroatoms.